The second-order valence-corrected chi connectivity index (χ2v) is 5.13. The lowest BCUT2D eigenvalue weighted by Gasteiger charge is -2.15. The normalized spacial score (nSPS) is 10.9. The minimum atomic E-state index is -1.02. The molecule has 0 spiro atoms. The van der Waals surface area contributed by atoms with Gasteiger partial charge in [0.2, 0.25) is 0 Å². The van der Waals surface area contributed by atoms with Crippen molar-refractivity contribution in [3.8, 4) is 22.3 Å². The SMILES string of the molecule is Nc1ccc(F)c(-c2ccc(F)cc2F)c1-c1ccc(F)cc1F. The molecule has 0 atom stereocenters. The number of hydrogen-bond acceptors (Lipinski definition) is 1. The average Bonchev–Trinajstić information content (AvgIpc) is 2.51. The molecule has 0 amide bonds. The monoisotopic (exact) mass is 335 g/mol. The summed E-state index contributed by atoms with van der Waals surface area (Å²) >= 11 is 0. The Labute approximate surface area is 134 Å². The third-order valence-corrected chi connectivity index (χ3v) is 3.59. The Hall–Kier alpha value is -2.89. The molecule has 24 heavy (non-hydrogen) atoms. The van der Waals surface area contributed by atoms with Crippen LogP contribution in [0, 0.1) is 29.1 Å². The van der Waals surface area contributed by atoms with Gasteiger partial charge in [-0.2, -0.15) is 0 Å². The first kappa shape index (κ1) is 16.0. The summed E-state index contributed by atoms with van der Waals surface area (Å²) in [6, 6.07) is 7.44. The lowest BCUT2D eigenvalue weighted by Crippen LogP contribution is -2.00. The third-order valence-electron chi connectivity index (χ3n) is 3.59. The quantitative estimate of drug-likeness (QED) is 0.499. The smallest absolute Gasteiger partial charge is 0.134 e. The average molecular weight is 335 g/mol. The Morgan fingerprint density at radius 2 is 1.04 bits per heavy atom. The van der Waals surface area contributed by atoms with Gasteiger partial charge in [-0.05, 0) is 36.4 Å². The van der Waals surface area contributed by atoms with Gasteiger partial charge >= 0.3 is 0 Å². The van der Waals surface area contributed by atoms with Crippen molar-refractivity contribution in [2.75, 3.05) is 5.73 Å². The fourth-order valence-corrected chi connectivity index (χ4v) is 2.53. The Morgan fingerprint density at radius 1 is 0.542 bits per heavy atom. The van der Waals surface area contributed by atoms with Gasteiger partial charge in [-0.3, -0.25) is 0 Å². The standard InChI is InChI=1S/C18H10F5N/c19-9-1-3-11(14(22)7-9)17-13(21)5-6-16(24)18(17)12-4-2-10(20)8-15(12)23/h1-8H,24H2. The van der Waals surface area contributed by atoms with Gasteiger partial charge in [0.15, 0.2) is 0 Å². The predicted octanol–water partition coefficient (Wildman–Crippen LogP) is 5.30. The summed E-state index contributed by atoms with van der Waals surface area (Å²) in [6.07, 6.45) is 0. The van der Waals surface area contributed by atoms with Gasteiger partial charge in [0, 0.05) is 40.1 Å². The molecule has 0 aliphatic heterocycles. The van der Waals surface area contributed by atoms with Crippen LogP contribution in [0.25, 0.3) is 22.3 Å². The van der Waals surface area contributed by atoms with Gasteiger partial charge in [-0.25, -0.2) is 22.0 Å². The van der Waals surface area contributed by atoms with Crippen molar-refractivity contribution in [1.82, 2.24) is 0 Å². The van der Waals surface area contributed by atoms with E-state index in [1.54, 1.807) is 0 Å². The van der Waals surface area contributed by atoms with Crippen LogP contribution in [0.15, 0.2) is 48.5 Å². The molecule has 0 radical (unpaired) electrons. The fraction of sp³-hybridized carbons (Fsp3) is 0. The van der Waals surface area contributed by atoms with Crippen LogP contribution in [-0.4, -0.2) is 0 Å². The molecule has 0 aliphatic rings. The van der Waals surface area contributed by atoms with Gasteiger partial charge in [-0.1, -0.05) is 0 Å². The van der Waals surface area contributed by atoms with E-state index in [9.17, 15) is 22.0 Å². The van der Waals surface area contributed by atoms with Crippen LogP contribution >= 0.6 is 0 Å². The van der Waals surface area contributed by atoms with Crippen molar-refractivity contribution in [1.29, 1.82) is 0 Å². The molecule has 3 aromatic rings. The number of nitrogen functional groups attached to an aromatic ring is 1. The van der Waals surface area contributed by atoms with Gasteiger partial charge < -0.3 is 5.73 Å². The number of benzene rings is 3. The first-order valence-corrected chi connectivity index (χ1v) is 6.87. The van der Waals surface area contributed by atoms with Crippen molar-refractivity contribution in [3.63, 3.8) is 0 Å². The van der Waals surface area contributed by atoms with E-state index in [1.807, 2.05) is 0 Å². The summed E-state index contributed by atoms with van der Waals surface area (Å²) in [4.78, 5) is 0. The van der Waals surface area contributed by atoms with Gasteiger partial charge in [0.05, 0.1) is 0 Å². The highest BCUT2D eigenvalue weighted by Crippen LogP contribution is 2.40. The first-order chi connectivity index (χ1) is 11.4. The molecule has 3 aromatic carbocycles. The molecular formula is C18H10F5N. The third kappa shape index (κ3) is 2.71. The summed E-state index contributed by atoms with van der Waals surface area (Å²) in [6.45, 7) is 0. The molecular weight excluding hydrogens is 325 g/mol. The van der Waals surface area contributed by atoms with Crippen molar-refractivity contribution in [2.45, 2.75) is 0 Å². The number of hydrogen-bond donors (Lipinski definition) is 1. The lowest BCUT2D eigenvalue weighted by atomic mass is 9.92. The Balaban J connectivity index is 2.36. The lowest BCUT2D eigenvalue weighted by molar-refractivity contribution is 0.581. The van der Waals surface area contributed by atoms with E-state index in [4.69, 9.17) is 5.73 Å². The van der Waals surface area contributed by atoms with Crippen LogP contribution in [0.2, 0.25) is 0 Å². The molecule has 2 N–H and O–H groups in total. The van der Waals surface area contributed by atoms with Crippen LogP contribution in [0.1, 0.15) is 0 Å². The van der Waals surface area contributed by atoms with E-state index in [0.717, 1.165) is 30.3 Å². The van der Waals surface area contributed by atoms with Crippen molar-refractivity contribution in [3.05, 3.63) is 77.6 Å². The highest BCUT2D eigenvalue weighted by molar-refractivity contribution is 5.91. The van der Waals surface area contributed by atoms with Gasteiger partial charge in [0.1, 0.15) is 29.1 Å². The molecule has 0 saturated heterocycles. The van der Waals surface area contributed by atoms with E-state index in [2.05, 4.69) is 0 Å². The minimum absolute atomic E-state index is 0.0272. The van der Waals surface area contributed by atoms with Crippen LogP contribution < -0.4 is 5.73 Å². The van der Waals surface area contributed by atoms with Crippen molar-refractivity contribution in [2.24, 2.45) is 0 Å². The topological polar surface area (TPSA) is 26.0 Å². The van der Waals surface area contributed by atoms with E-state index in [-0.39, 0.29) is 27.9 Å². The van der Waals surface area contributed by atoms with Crippen LogP contribution in [-0.2, 0) is 0 Å². The summed E-state index contributed by atoms with van der Waals surface area (Å²) in [5.74, 6) is -4.52. The minimum Gasteiger partial charge on any atom is -0.398 e. The Morgan fingerprint density at radius 3 is 1.54 bits per heavy atom. The molecule has 3 rings (SSSR count). The summed E-state index contributed by atoms with van der Waals surface area (Å²) in [7, 11) is 0. The second kappa shape index (κ2) is 5.96. The van der Waals surface area contributed by atoms with Crippen LogP contribution in [0.4, 0.5) is 27.6 Å². The highest BCUT2D eigenvalue weighted by Gasteiger charge is 2.21. The van der Waals surface area contributed by atoms with E-state index in [0.29, 0.717) is 12.1 Å². The molecule has 1 nitrogen and oxygen atoms in total. The molecule has 0 aromatic heterocycles. The summed E-state index contributed by atoms with van der Waals surface area (Å²) in [5.41, 5.74) is 4.88. The molecule has 0 heterocycles. The molecule has 0 unspecified atom stereocenters. The first-order valence-electron chi connectivity index (χ1n) is 6.87. The van der Waals surface area contributed by atoms with Crippen LogP contribution in [0.3, 0.4) is 0 Å². The van der Waals surface area contributed by atoms with Gasteiger partial charge in [0.25, 0.3) is 0 Å². The zero-order valence-corrected chi connectivity index (χ0v) is 12.1. The number of anilines is 1. The molecule has 0 saturated carbocycles. The molecule has 0 fully saturated rings. The fourth-order valence-electron chi connectivity index (χ4n) is 2.53. The second-order valence-electron chi connectivity index (χ2n) is 5.13. The predicted molar refractivity (Wildman–Crippen MR) is 81.5 cm³/mol. The zero-order chi connectivity index (χ0) is 17.4. The van der Waals surface area contributed by atoms with Gasteiger partial charge in [-0.15, -0.1) is 0 Å². The largest absolute Gasteiger partial charge is 0.398 e. The maximum atomic E-state index is 14.4. The highest BCUT2D eigenvalue weighted by atomic mass is 19.1. The Bertz CT molecular complexity index is 860. The summed E-state index contributed by atoms with van der Waals surface area (Å²) < 4.78 is 68.9. The number of halogens is 5. The summed E-state index contributed by atoms with van der Waals surface area (Å²) in [5, 5.41) is 0. The van der Waals surface area contributed by atoms with Crippen molar-refractivity contribution >= 4 is 5.69 Å². The molecule has 0 aliphatic carbocycles. The molecule has 0 bridgehead atoms. The number of rotatable bonds is 2. The zero-order valence-electron chi connectivity index (χ0n) is 12.1. The van der Waals surface area contributed by atoms with Crippen LogP contribution in [0.5, 0.6) is 0 Å². The maximum absolute atomic E-state index is 14.4. The van der Waals surface area contributed by atoms with E-state index >= 15 is 0 Å². The maximum Gasteiger partial charge on any atom is 0.134 e. The molecule has 122 valence electrons. The molecule has 6 heteroatoms. The van der Waals surface area contributed by atoms with E-state index in [1.165, 1.54) is 6.07 Å². The Kier molecular flexibility index (Phi) is 3.97. The van der Waals surface area contributed by atoms with E-state index < -0.39 is 29.1 Å². The number of nitrogens with two attached hydrogens (primary N) is 1. The van der Waals surface area contributed by atoms with Crippen molar-refractivity contribution < 1.29 is 22.0 Å².